The molecule has 0 unspecified atom stereocenters. The van der Waals surface area contributed by atoms with Gasteiger partial charge in [-0.05, 0) is 24.2 Å². The van der Waals surface area contributed by atoms with Crippen LogP contribution in [0, 0.1) is 0 Å². The van der Waals surface area contributed by atoms with Crippen molar-refractivity contribution in [2.45, 2.75) is 79.6 Å². The highest BCUT2D eigenvalue weighted by atomic mass is 29.2. The van der Waals surface area contributed by atoms with Crippen LogP contribution in [0.3, 0.4) is 0 Å². The summed E-state index contributed by atoms with van der Waals surface area (Å²) in [6.45, 7) is 18.7. The largest absolute Gasteiger partial charge is 0.326 e. The first-order valence-corrected chi connectivity index (χ1v) is 12.0. The molecule has 0 aliphatic rings. The summed E-state index contributed by atoms with van der Waals surface area (Å²) in [5, 5.41) is 0. The third-order valence-corrected chi connectivity index (χ3v) is 11.1. The molecule has 0 bridgehead atoms. The molecule has 0 aliphatic carbocycles. The topological polar surface area (TPSA) is 6.48 Å². The van der Waals surface area contributed by atoms with E-state index in [9.17, 15) is 0 Å². The van der Waals surface area contributed by atoms with Crippen LogP contribution < -0.4 is 0 Å². The number of nitrogens with zero attached hydrogens (tertiary/aromatic N) is 2. The molecule has 0 radical (unpaired) electrons. The summed E-state index contributed by atoms with van der Waals surface area (Å²) in [6.07, 6.45) is 0. The Morgan fingerprint density at radius 2 is 0.688 bits per heavy atom. The van der Waals surface area contributed by atoms with E-state index >= 15 is 0 Å². The quantitative estimate of drug-likeness (QED) is 0.637. The van der Waals surface area contributed by atoms with E-state index in [0.717, 1.165) is 24.2 Å². The zero-order valence-corrected chi connectivity index (χ0v) is 15.4. The Morgan fingerprint density at radius 1 is 0.500 bits per heavy atom. The molecule has 0 aromatic carbocycles. The van der Waals surface area contributed by atoms with Gasteiger partial charge in [-0.2, -0.15) is 0 Å². The van der Waals surface area contributed by atoms with Crippen molar-refractivity contribution < 1.29 is 0 Å². The van der Waals surface area contributed by atoms with Crippen LogP contribution in [0.15, 0.2) is 0 Å². The smallest absolute Gasteiger partial charge is 0.0975 e. The monoisotopic (exact) mass is 260 g/mol. The molecule has 2 nitrogen and oxygen atoms in total. The fourth-order valence-electron chi connectivity index (χ4n) is 2.46. The van der Waals surface area contributed by atoms with Crippen molar-refractivity contribution in [2.75, 3.05) is 0 Å². The molecule has 0 atom stereocenters. The third-order valence-electron chi connectivity index (χ3n) is 3.27. The molecule has 0 aromatic rings. The standard InChI is InChI=1S/C12H32N2Si2/c1-9(2)13(10(3)4)15-16-14(11(5)6)12(7)8/h9-12H,15-16H2,1-8H3. The maximum Gasteiger partial charge on any atom is 0.0975 e. The normalized spacial score (nSPS) is 14.6. The van der Waals surface area contributed by atoms with Crippen LogP contribution in [-0.2, 0) is 0 Å². The molecule has 0 heterocycles. The van der Waals surface area contributed by atoms with Crippen LogP contribution in [0.1, 0.15) is 55.4 Å². The van der Waals surface area contributed by atoms with Crippen LogP contribution in [0.5, 0.6) is 0 Å². The molecule has 0 amide bonds. The number of hydrogen-bond donors (Lipinski definition) is 0. The molecular weight excluding hydrogens is 228 g/mol. The van der Waals surface area contributed by atoms with Crippen molar-refractivity contribution in [1.82, 2.24) is 9.13 Å². The van der Waals surface area contributed by atoms with E-state index in [-0.39, 0.29) is 18.4 Å². The van der Waals surface area contributed by atoms with Gasteiger partial charge in [0.15, 0.2) is 0 Å². The first-order valence-electron chi connectivity index (χ1n) is 6.78. The molecule has 0 fully saturated rings. The Hall–Kier alpha value is 0.354. The van der Waals surface area contributed by atoms with Gasteiger partial charge in [-0.1, -0.05) is 55.4 Å². The lowest BCUT2D eigenvalue weighted by Gasteiger charge is -2.36. The Balaban J connectivity index is 4.27. The minimum absolute atomic E-state index is 0.00454. The Labute approximate surface area is 107 Å². The molecule has 98 valence electrons. The third kappa shape index (κ3) is 5.61. The first-order chi connectivity index (χ1) is 7.27. The first kappa shape index (κ1) is 16.4. The zero-order chi connectivity index (χ0) is 12.9. The van der Waals surface area contributed by atoms with Gasteiger partial charge in [0.25, 0.3) is 0 Å². The van der Waals surface area contributed by atoms with Crippen LogP contribution in [0.25, 0.3) is 0 Å². The molecule has 0 saturated carbocycles. The van der Waals surface area contributed by atoms with Crippen molar-refractivity contribution >= 4 is 18.4 Å². The maximum atomic E-state index is 2.77. The molecule has 4 heteroatoms. The van der Waals surface area contributed by atoms with E-state index in [2.05, 4.69) is 64.5 Å². The van der Waals surface area contributed by atoms with Gasteiger partial charge in [0.2, 0.25) is 0 Å². The van der Waals surface area contributed by atoms with E-state index in [4.69, 9.17) is 0 Å². The molecule has 0 N–H and O–H groups in total. The van der Waals surface area contributed by atoms with Crippen LogP contribution in [0.4, 0.5) is 0 Å². The van der Waals surface area contributed by atoms with E-state index < -0.39 is 0 Å². The molecule has 0 rings (SSSR count). The summed E-state index contributed by atoms with van der Waals surface area (Å²) in [7, 11) is -0.00907. The van der Waals surface area contributed by atoms with Crippen molar-refractivity contribution in [3.05, 3.63) is 0 Å². The average Bonchev–Trinajstić information content (AvgIpc) is 2.09. The van der Waals surface area contributed by atoms with Crippen LogP contribution in [-0.4, -0.2) is 51.7 Å². The lowest BCUT2D eigenvalue weighted by molar-refractivity contribution is 0.302. The average molecular weight is 261 g/mol. The van der Waals surface area contributed by atoms with Gasteiger partial charge in [-0.15, -0.1) is 0 Å². The molecule has 0 aliphatic heterocycles. The maximum absolute atomic E-state index is 2.77. The fraction of sp³-hybridized carbons (Fsp3) is 1.00. The summed E-state index contributed by atoms with van der Waals surface area (Å²) in [5.41, 5.74) is 0. The molecular formula is C12H32N2Si2. The van der Waals surface area contributed by atoms with Gasteiger partial charge >= 0.3 is 0 Å². The SMILES string of the molecule is CC(C)N([SiH2][SiH2]N(C(C)C)C(C)C)C(C)C. The van der Waals surface area contributed by atoms with Gasteiger partial charge in [0.05, 0.1) is 18.4 Å². The number of hydrogen-bond acceptors (Lipinski definition) is 2. The van der Waals surface area contributed by atoms with Gasteiger partial charge < -0.3 is 9.13 Å². The van der Waals surface area contributed by atoms with Crippen molar-refractivity contribution in [3.8, 4) is 0 Å². The fourth-order valence-corrected chi connectivity index (χ4v) is 12.6. The lowest BCUT2D eigenvalue weighted by Crippen LogP contribution is -2.50. The van der Waals surface area contributed by atoms with Crippen molar-refractivity contribution in [2.24, 2.45) is 0 Å². The van der Waals surface area contributed by atoms with Crippen molar-refractivity contribution in [3.63, 3.8) is 0 Å². The molecule has 0 aromatic heterocycles. The van der Waals surface area contributed by atoms with Gasteiger partial charge in [0.1, 0.15) is 0 Å². The summed E-state index contributed by atoms with van der Waals surface area (Å²) in [5.74, 6) is 0. The summed E-state index contributed by atoms with van der Waals surface area (Å²) in [6, 6.07) is 2.95. The Kier molecular flexibility index (Phi) is 7.80. The minimum Gasteiger partial charge on any atom is -0.326 e. The predicted octanol–water partition coefficient (Wildman–Crippen LogP) is 1.31. The van der Waals surface area contributed by atoms with Crippen LogP contribution >= 0.6 is 0 Å². The Bertz CT molecular complexity index is 146. The zero-order valence-electron chi connectivity index (χ0n) is 12.6. The molecule has 16 heavy (non-hydrogen) atoms. The highest BCUT2D eigenvalue weighted by Gasteiger charge is 2.18. The van der Waals surface area contributed by atoms with E-state index in [0.29, 0.717) is 0 Å². The Morgan fingerprint density at radius 3 is 0.812 bits per heavy atom. The van der Waals surface area contributed by atoms with E-state index in [1.807, 2.05) is 0 Å². The van der Waals surface area contributed by atoms with E-state index in [1.54, 1.807) is 0 Å². The summed E-state index contributed by atoms with van der Waals surface area (Å²) >= 11 is 0. The van der Waals surface area contributed by atoms with Crippen LogP contribution in [0.2, 0.25) is 0 Å². The van der Waals surface area contributed by atoms with Crippen molar-refractivity contribution in [1.29, 1.82) is 0 Å². The summed E-state index contributed by atoms with van der Waals surface area (Å²) in [4.78, 5) is 0. The highest BCUT2D eigenvalue weighted by molar-refractivity contribution is 6.97. The predicted molar refractivity (Wildman–Crippen MR) is 81.3 cm³/mol. The second-order valence-electron chi connectivity index (χ2n) is 5.85. The van der Waals surface area contributed by atoms with E-state index in [1.165, 1.54) is 0 Å². The van der Waals surface area contributed by atoms with Gasteiger partial charge in [-0.3, -0.25) is 0 Å². The number of rotatable bonds is 7. The molecule has 0 spiro atoms. The second-order valence-corrected chi connectivity index (χ2v) is 10.9. The second kappa shape index (κ2) is 7.64. The summed E-state index contributed by atoms with van der Waals surface area (Å²) < 4.78 is 5.54. The van der Waals surface area contributed by atoms with Gasteiger partial charge in [0, 0.05) is 0 Å². The molecule has 0 saturated heterocycles. The lowest BCUT2D eigenvalue weighted by atomic mass is 10.3. The highest BCUT2D eigenvalue weighted by Crippen LogP contribution is 2.06. The van der Waals surface area contributed by atoms with Gasteiger partial charge in [-0.25, -0.2) is 0 Å². The minimum atomic E-state index is -0.00454.